The molecule has 6 nitrogen and oxygen atoms in total. The van der Waals surface area contributed by atoms with E-state index in [1.54, 1.807) is 7.11 Å². The van der Waals surface area contributed by atoms with E-state index in [-0.39, 0.29) is 30.6 Å². The molecule has 30 heavy (non-hydrogen) atoms. The Morgan fingerprint density at radius 2 is 1.83 bits per heavy atom. The van der Waals surface area contributed by atoms with Crippen molar-refractivity contribution in [2.75, 3.05) is 51.8 Å². The third kappa shape index (κ3) is 6.20. The van der Waals surface area contributed by atoms with Gasteiger partial charge in [-0.2, -0.15) is 0 Å². The largest absolute Gasteiger partial charge is 0.493 e. The molecule has 0 saturated carbocycles. The first kappa shape index (κ1) is 23.7. The van der Waals surface area contributed by atoms with Crippen LogP contribution in [0.15, 0.2) is 53.5 Å². The topological polar surface area (TPSA) is 49.3 Å². The predicted octanol–water partition coefficient (Wildman–Crippen LogP) is 3.22. The van der Waals surface area contributed by atoms with Crippen molar-refractivity contribution in [1.82, 2.24) is 10.2 Å². The van der Waals surface area contributed by atoms with Crippen LogP contribution in [0.4, 0.5) is 5.69 Å². The summed E-state index contributed by atoms with van der Waals surface area (Å²) in [6, 6.07) is 16.4. The molecule has 0 amide bonds. The van der Waals surface area contributed by atoms with Crippen LogP contribution in [0.1, 0.15) is 5.56 Å². The number of methoxy groups -OCH3 is 1. The van der Waals surface area contributed by atoms with Crippen LogP contribution in [0.5, 0.6) is 11.5 Å². The zero-order valence-electron chi connectivity index (χ0n) is 17.5. The molecule has 0 aliphatic carbocycles. The first-order valence-corrected chi connectivity index (χ1v) is 9.74. The van der Waals surface area contributed by atoms with Crippen LogP contribution in [0.3, 0.4) is 0 Å². The van der Waals surface area contributed by atoms with Crippen LogP contribution in [0.2, 0.25) is 0 Å². The Bertz CT molecular complexity index is 859. The third-order valence-corrected chi connectivity index (χ3v) is 4.90. The molecule has 0 bridgehead atoms. The van der Waals surface area contributed by atoms with E-state index in [1.807, 2.05) is 31.3 Å². The highest BCUT2D eigenvalue weighted by Gasteiger charge is 2.19. The number of piperazine rings is 1. The molecule has 0 aromatic heterocycles. The fourth-order valence-electron chi connectivity index (χ4n) is 3.39. The Morgan fingerprint density at radius 3 is 2.47 bits per heavy atom. The molecular weight excluding hydrogens is 491 g/mol. The number of anilines is 1. The monoisotopic (exact) mass is 520 g/mol. The standard InChI is InChI=1S/C23H28N4O2.HI/c1-4-16-29-22-17-19(10-11-21(22)28-3)18-25-23(24-2)27-14-12-26(13-15-27)20-8-6-5-7-9-20;/h1,5-11,17H,12-16,18H2,2-3H3,(H,24,25);1H. The number of halogens is 1. The number of hydrogen-bond acceptors (Lipinski definition) is 4. The summed E-state index contributed by atoms with van der Waals surface area (Å²) < 4.78 is 10.9. The fraction of sp³-hybridized carbons (Fsp3) is 0.348. The van der Waals surface area contributed by atoms with Gasteiger partial charge in [0.1, 0.15) is 6.61 Å². The van der Waals surface area contributed by atoms with Crippen molar-refractivity contribution in [3.63, 3.8) is 0 Å². The van der Waals surface area contributed by atoms with Gasteiger partial charge in [0.05, 0.1) is 7.11 Å². The maximum atomic E-state index is 5.59. The molecule has 1 saturated heterocycles. The molecule has 3 rings (SSSR count). The minimum absolute atomic E-state index is 0. The van der Waals surface area contributed by atoms with Crippen LogP contribution < -0.4 is 19.7 Å². The number of nitrogens with one attached hydrogen (secondary N) is 1. The Kier molecular flexibility index (Phi) is 9.61. The molecule has 2 aromatic rings. The number of aliphatic imine (C=N–C) groups is 1. The maximum absolute atomic E-state index is 5.59. The lowest BCUT2D eigenvalue weighted by Crippen LogP contribution is -2.52. The summed E-state index contributed by atoms with van der Waals surface area (Å²) in [4.78, 5) is 9.16. The number of terminal acetylenes is 1. The molecule has 0 atom stereocenters. The molecule has 0 spiro atoms. The van der Waals surface area contributed by atoms with Gasteiger partial charge in [-0.05, 0) is 29.8 Å². The number of benzene rings is 2. The first-order valence-electron chi connectivity index (χ1n) is 9.74. The van der Waals surface area contributed by atoms with Gasteiger partial charge in [-0.1, -0.05) is 30.2 Å². The molecule has 2 aromatic carbocycles. The van der Waals surface area contributed by atoms with Crippen molar-refractivity contribution in [2.45, 2.75) is 6.54 Å². The van der Waals surface area contributed by atoms with Crippen molar-refractivity contribution in [3.05, 3.63) is 54.1 Å². The molecule has 160 valence electrons. The Balaban J connectivity index is 0.00000320. The number of para-hydroxylation sites is 1. The fourth-order valence-corrected chi connectivity index (χ4v) is 3.39. The smallest absolute Gasteiger partial charge is 0.194 e. The second kappa shape index (κ2) is 12.2. The summed E-state index contributed by atoms with van der Waals surface area (Å²) in [5.74, 6) is 4.70. The molecule has 0 radical (unpaired) electrons. The molecule has 7 heteroatoms. The first-order chi connectivity index (χ1) is 14.2. The molecule has 1 N–H and O–H groups in total. The number of rotatable bonds is 6. The lowest BCUT2D eigenvalue weighted by Gasteiger charge is -2.37. The second-order valence-corrected chi connectivity index (χ2v) is 6.69. The normalized spacial score (nSPS) is 13.8. The van der Waals surface area contributed by atoms with E-state index in [1.165, 1.54) is 5.69 Å². The number of hydrogen-bond donors (Lipinski definition) is 1. The molecule has 0 unspecified atom stereocenters. The van der Waals surface area contributed by atoms with Gasteiger partial charge in [-0.3, -0.25) is 4.99 Å². The van der Waals surface area contributed by atoms with Crippen molar-refractivity contribution in [1.29, 1.82) is 0 Å². The van der Waals surface area contributed by atoms with Crippen LogP contribution in [-0.4, -0.2) is 57.8 Å². The van der Waals surface area contributed by atoms with Crippen molar-refractivity contribution in [2.24, 2.45) is 4.99 Å². The number of nitrogens with zero attached hydrogens (tertiary/aromatic N) is 3. The summed E-state index contributed by atoms with van der Waals surface area (Å²) in [6.07, 6.45) is 5.30. The van der Waals surface area contributed by atoms with E-state index >= 15 is 0 Å². The van der Waals surface area contributed by atoms with Gasteiger partial charge < -0.3 is 24.6 Å². The molecule has 1 fully saturated rings. The second-order valence-electron chi connectivity index (χ2n) is 6.69. The Labute approximate surface area is 196 Å². The molecule has 1 aliphatic heterocycles. The van der Waals surface area contributed by atoms with Crippen molar-refractivity contribution >= 4 is 35.6 Å². The van der Waals surface area contributed by atoms with E-state index < -0.39 is 0 Å². The van der Waals surface area contributed by atoms with Gasteiger partial charge in [0.15, 0.2) is 17.5 Å². The lowest BCUT2D eigenvalue weighted by atomic mass is 10.2. The summed E-state index contributed by atoms with van der Waals surface area (Å²) in [5, 5.41) is 3.45. The van der Waals surface area contributed by atoms with Gasteiger partial charge >= 0.3 is 0 Å². The summed E-state index contributed by atoms with van der Waals surface area (Å²) in [7, 11) is 3.44. The number of ether oxygens (including phenoxy) is 2. The van der Waals surface area contributed by atoms with Crippen LogP contribution in [0.25, 0.3) is 0 Å². The van der Waals surface area contributed by atoms with Crippen LogP contribution in [-0.2, 0) is 6.54 Å². The highest BCUT2D eigenvalue weighted by Crippen LogP contribution is 2.28. The SMILES string of the molecule is C#CCOc1cc(CNC(=NC)N2CCN(c3ccccc3)CC2)ccc1OC.I. The molecule has 1 aliphatic rings. The Morgan fingerprint density at radius 1 is 1.10 bits per heavy atom. The summed E-state index contributed by atoms with van der Waals surface area (Å²) >= 11 is 0. The van der Waals surface area contributed by atoms with Crippen LogP contribution in [0, 0.1) is 12.3 Å². The lowest BCUT2D eigenvalue weighted by molar-refractivity contribution is 0.330. The van der Waals surface area contributed by atoms with Gasteiger partial charge in [0.2, 0.25) is 0 Å². The quantitative estimate of drug-likeness (QED) is 0.275. The third-order valence-electron chi connectivity index (χ3n) is 4.90. The Hall–Kier alpha value is -2.60. The van der Waals surface area contributed by atoms with E-state index in [4.69, 9.17) is 15.9 Å². The van der Waals surface area contributed by atoms with Crippen LogP contribution >= 0.6 is 24.0 Å². The summed E-state index contributed by atoms with van der Waals surface area (Å²) in [5.41, 5.74) is 2.34. The highest BCUT2D eigenvalue weighted by atomic mass is 127. The average Bonchev–Trinajstić information content (AvgIpc) is 2.79. The van der Waals surface area contributed by atoms with Gasteiger partial charge in [-0.25, -0.2) is 0 Å². The van der Waals surface area contributed by atoms with Crippen molar-refractivity contribution in [3.8, 4) is 23.8 Å². The minimum Gasteiger partial charge on any atom is -0.493 e. The van der Waals surface area contributed by atoms with Gasteiger partial charge in [0, 0.05) is 45.5 Å². The average molecular weight is 520 g/mol. The zero-order chi connectivity index (χ0) is 20.5. The van der Waals surface area contributed by atoms with E-state index in [0.717, 1.165) is 37.7 Å². The maximum Gasteiger partial charge on any atom is 0.194 e. The van der Waals surface area contributed by atoms with Gasteiger partial charge in [-0.15, -0.1) is 30.4 Å². The summed E-state index contributed by atoms with van der Waals surface area (Å²) in [6.45, 7) is 4.64. The van der Waals surface area contributed by atoms with E-state index in [9.17, 15) is 0 Å². The van der Waals surface area contributed by atoms with E-state index in [0.29, 0.717) is 18.0 Å². The predicted molar refractivity (Wildman–Crippen MR) is 133 cm³/mol. The van der Waals surface area contributed by atoms with E-state index in [2.05, 4.69) is 50.3 Å². The number of guanidine groups is 1. The highest BCUT2D eigenvalue weighted by molar-refractivity contribution is 14.0. The van der Waals surface area contributed by atoms with Crippen molar-refractivity contribution < 1.29 is 9.47 Å². The molecular formula is C23H29IN4O2. The molecule has 1 heterocycles. The minimum atomic E-state index is 0. The van der Waals surface area contributed by atoms with Gasteiger partial charge in [0.25, 0.3) is 0 Å². The zero-order valence-corrected chi connectivity index (χ0v) is 19.8.